The van der Waals surface area contributed by atoms with Gasteiger partial charge in [-0.1, -0.05) is 47.5 Å². The van der Waals surface area contributed by atoms with Gasteiger partial charge < -0.3 is 0 Å². The average molecular weight is 397 g/mol. The zero-order chi connectivity index (χ0) is 19.0. The fourth-order valence-electron chi connectivity index (χ4n) is 3.06. The Balaban J connectivity index is 2.00. The predicted molar refractivity (Wildman–Crippen MR) is 109 cm³/mol. The van der Waals surface area contributed by atoms with Crippen LogP contribution >= 0.6 is 23.2 Å². The van der Waals surface area contributed by atoms with Crippen LogP contribution < -0.4 is 11.2 Å². The Kier molecular flexibility index (Phi) is 4.60. The highest BCUT2D eigenvalue weighted by Crippen LogP contribution is 2.15. The van der Waals surface area contributed by atoms with E-state index < -0.39 is 5.69 Å². The minimum atomic E-state index is -0.407. The van der Waals surface area contributed by atoms with Crippen molar-refractivity contribution in [1.82, 2.24) is 9.13 Å². The molecule has 0 N–H and O–H groups in total. The van der Waals surface area contributed by atoms with Crippen molar-refractivity contribution < 1.29 is 0 Å². The number of aromatic nitrogens is 2. The van der Waals surface area contributed by atoms with Gasteiger partial charge in [-0.25, -0.2) is 9.36 Å². The summed E-state index contributed by atoms with van der Waals surface area (Å²) >= 11 is 11.9. The van der Waals surface area contributed by atoms with Crippen LogP contribution in [0.15, 0.2) is 82.4 Å². The first-order valence-corrected chi connectivity index (χ1v) is 9.05. The largest absolute Gasteiger partial charge is 0.336 e. The first-order chi connectivity index (χ1) is 13.0. The number of nitrogens with zero attached hydrogens (tertiary/aromatic N) is 2. The molecular formula is C21H14Cl2N2O2. The van der Waals surface area contributed by atoms with Crippen LogP contribution in [0.2, 0.25) is 10.0 Å². The first kappa shape index (κ1) is 17.6. The van der Waals surface area contributed by atoms with Crippen LogP contribution in [0.25, 0.3) is 16.6 Å². The van der Waals surface area contributed by atoms with Gasteiger partial charge in [-0.2, -0.15) is 0 Å². The van der Waals surface area contributed by atoms with E-state index in [0.717, 1.165) is 5.56 Å². The number of hydrogen-bond acceptors (Lipinski definition) is 2. The van der Waals surface area contributed by atoms with E-state index in [0.29, 0.717) is 33.2 Å². The van der Waals surface area contributed by atoms with E-state index in [-0.39, 0.29) is 5.56 Å². The molecule has 1 heterocycles. The van der Waals surface area contributed by atoms with Gasteiger partial charge in [0.1, 0.15) is 0 Å². The van der Waals surface area contributed by atoms with E-state index in [1.165, 1.54) is 4.57 Å². The second-order valence-corrected chi connectivity index (χ2v) is 7.00. The van der Waals surface area contributed by atoms with Crippen LogP contribution in [0.1, 0.15) is 5.56 Å². The molecule has 6 heteroatoms. The summed E-state index contributed by atoms with van der Waals surface area (Å²) < 4.78 is 2.77. The summed E-state index contributed by atoms with van der Waals surface area (Å²) in [4.78, 5) is 26.2. The molecule has 0 atom stereocenters. The molecule has 0 aliphatic carbocycles. The molecule has 0 fully saturated rings. The summed E-state index contributed by atoms with van der Waals surface area (Å²) in [6.07, 6.45) is 0. The third-order valence-corrected chi connectivity index (χ3v) is 4.89. The molecule has 0 unspecified atom stereocenters. The van der Waals surface area contributed by atoms with Gasteiger partial charge >= 0.3 is 5.69 Å². The smallest absolute Gasteiger partial charge is 0.288 e. The highest BCUT2D eigenvalue weighted by atomic mass is 35.5. The molecule has 0 saturated heterocycles. The topological polar surface area (TPSA) is 44.0 Å². The first-order valence-electron chi connectivity index (χ1n) is 8.29. The van der Waals surface area contributed by atoms with Crippen LogP contribution in [0.4, 0.5) is 0 Å². The molecule has 4 nitrogen and oxygen atoms in total. The fraction of sp³-hybridized carbons (Fsp3) is 0.0476. The summed E-state index contributed by atoms with van der Waals surface area (Å²) in [6, 6.07) is 21.0. The molecule has 134 valence electrons. The molecule has 4 aromatic rings. The molecule has 0 radical (unpaired) electrons. The van der Waals surface area contributed by atoms with Crippen molar-refractivity contribution >= 4 is 34.1 Å². The zero-order valence-electron chi connectivity index (χ0n) is 14.1. The van der Waals surface area contributed by atoms with Crippen LogP contribution in [0.3, 0.4) is 0 Å². The summed E-state index contributed by atoms with van der Waals surface area (Å²) in [6.45, 7) is 0.324. The molecule has 0 saturated carbocycles. The highest BCUT2D eigenvalue weighted by molar-refractivity contribution is 6.30. The summed E-state index contributed by atoms with van der Waals surface area (Å²) in [5.41, 5.74) is 1.21. The molecule has 3 aromatic carbocycles. The van der Waals surface area contributed by atoms with Crippen LogP contribution in [0.5, 0.6) is 0 Å². The molecule has 0 aliphatic rings. The number of rotatable bonds is 3. The second-order valence-electron chi connectivity index (χ2n) is 6.13. The Morgan fingerprint density at radius 2 is 1.33 bits per heavy atom. The van der Waals surface area contributed by atoms with Gasteiger partial charge in [0.05, 0.1) is 23.1 Å². The quantitative estimate of drug-likeness (QED) is 0.511. The van der Waals surface area contributed by atoms with E-state index in [4.69, 9.17) is 23.2 Å². The van der Waals surface area contributed by atoms with Crippen LogP contribution in [0, 0.1) is 0 Å². The molecule has 0 amide bonds. The minimum Gasteiger partial charge on any atom is -0.288 e. The third-order valence-electron chi connectivity index (χ3n) is 4.39. The number of benzene rings is 3. The maximum absolute atomic E-state index is 13.2. The molecule has 4 rings (SSSR count). The van der Waals surface area contributed by atoms with Crippen molar-refractivity contribution in [3.05, 3.63) is 109 Å². The van der Waals surface area contributed by atoms with Gasteiger partial charge in [0.2, 0.25) is 0 Å². The summed E-state index contributed by atoms with van der Waals surface area (Å²) in [7, 11) is 0. The van der Waals surface area contributed by atoms with Gasteiger partial charge in [0.25, 0.3) is 5.56 Å². The maximum Gasteiger partial charge on any atom is 0.336 e. The Morgan fingerprint density at radius 1 is 0.741 bits per heavy atom. The van der Waals surface area contributed by atoms with E-state index >= 15 is 0 Å². The van der Waals surface area contributed by atoms with Gasteiger partial charge in [-0.15, -0.1) is 0 Å². The minimum absolute atomic E-state index is 0.324. The van der Waals surface area contributed by atoms with Crippen molar-refractivity contribution in [1.29, 1.82) is 0 Å². The molecular weight excluding hydrogens is 383 g/mol. The second kappa shape index (κ2) is 7.06. The van der Waals surface area contributed by atoms with Gasteiger partial charge in [0, 0.05) is 10.0 Å². The summed E-state index contributed by atoms with van der Waals surface area (Å²) in [5, 5.41) is 1.64. The lowest BCUT2D eigenvalue weighted by Crippen LogP contribution is -2.39. The Morgan fingerprint density at radius 3 is 2.00 bits per heavy atom. The van der Waals surface area contributed by atoms with Gasteiger partial charge in [-0.3, -0.25) is 9.36 Å². The SMILES string of the molecule is O=c1c2ccccc2n(Cc2ccc(Cl)cc2)c(=O)n1-c1ccc(Cl)cc1. The van der Waals surface area contributed by atoms with E-state index in [9.17, 15) is 9.59 Å². The molecule has 1 aromatic heterocycles. The van der Waals surface area contributed by atoms with E-state index in [2.05, 4.69) is 0 Å². The lowest BCUT2D eigenvalue weighted by molar-refractivity contribution is 0.714. The number of para-hydroxylation sites is 1. The molecule has 0 spiro atoms. The van der Waals surface area contributed by atoms with Crippen molar-refractivity contribution in [2.24, 2.45) is 0 Å². The standard InChI is InChI=1S/C21H14Cl2N2O2/c22-15-7-5-14(6-8-15)13-24-19-4-2-1-3-18(19)20(26)25(21(24)27)17-11-9-16(23)10-12-17/h1-12H,13H2. The number of hydrogen-bond donors (Lipinski definition) is 0. The summed E-state index contributed by atoms with van der Waals surface area (Å²) in [5.74, 6) is 0. The van der Waals surface area contributed by atoms with E-state index in [1.54, 1.807) is 59.2 Å². The van der Waals surface area contributed by atoms with Crippen molar-refractivity contribution in [3.8, 4) is 5.69 Å². The van der Waals surface area contributed by atoms with Gasteiger partial charge in [-0.05, 0) is 54.1 Å². The maximum atomic E-state index is 13.2. The predicted octanol–water partition coefficient (Wildman–Crippen LogP) is 4.51. The fourth-order valence-corrected chi connectivity index (χ4v) is 3.32. The lowest BCUT2D eigenvalue weighted by atomic mass is 10.2. The third kappa shape index (κ3) is 3.29. The monoisotopic (exact) mass is 396 g/mol. The highest BCUT2D eigenvalue weighted by Gasteiger charge is 2.14. The Hall–Kier alpha value is -2.82. The zero-order valence-corrected chi connectivity index (χ0v) is 15.6. The van der Waals surface area contributed by atoms with Crippen LogP contribution in [-0.2, 0) is 6.54 Å². The molecule has 0 aliphatic heterocycles. The number of halogens is 2. The van der Waals surface area contributed by atoms with Crippen molar-refractivity contribution in [3.63, 3.8) is 0 Å². The number of fused-ring (bicyclic) bond motifs is 1. The van der Waals surface area contributed by atoms with Gasteiger partial charge in [0.15, 0.2) is 0 Å². The van der Waals surface area contributed by atoms with Crippen molar-refractivity contribution in [2.75, 3.05) is 0 Å². The van der Waals surface area contributed by atoms with Crippen molar-refractivity contribution in [2.45, 2.75) is 6.54 Å². The molecule has 0 bridgehead atoms. The Labute approximate surface area is 164 Å². The molecule has 27 heavy (non-hydrogen) atoms. The van der Waals surface area contributed by atoms with Crippen LogP contribution in [-0.4, -0.2) is 9.13 Å². The van der Waals surface area contributed by atoms with E-state index in [1.807, 2.05) is 18.2 Å². The Bertz CT molecular complexity index is 1240. The average Bonchev–Trinajstić information content (AvgIpc) is 2.68. The normalized spacial score (nSPS) is 11.0. The lowest BCUT2D eigenvalue weighted by Gasteiger charge is -2.14.